The smallest absolute Gasteiger partial charge is 0.306 e. The topological polar surface area (TPSA) is 73.2 Å². The summed E-state index contributed by atoms with van der Waals surface area (Å²) >= 11 is 12.6. The van der Waals surface area contributed by atoms with Gasteiger partial charge in [-0.1, -0.05) is 42.3 Å². The van der Waals surface area contributed by atoms with Gasteiger partial charge in [0.05, 0.1) is 5.92 Å². The zero-order chi connectivity index (χ0) is 21.0. The van der Waals surface area contributed by atoms with E-state index in [0.29, 0.717) is 17.2 Å². The van der Waals surface area contributed by atoms with E-state index in [0.717, 1.165) is 33.0 Å². The summed E-state index contributed by atoms with van der Waals surface area (Å²) in [7, 11) is 0. The van der Waals surface area contributed by atoms with Crippen molar-refractivity contribution >= 4 is 40.6 Å². The zero-order valence-corrected chi connectivity index (χ0v) is 18.1. The number of carboxylic acid groups (broad SMARTS) is 1. The fourth-order valence-corrected chi connectivity index (χ4v) is 3.42. The molecule has 2 aromatic rings. The van der Waals surface area contributed by atoms with Gasteiger partial charge in [-0.2, -0.15) is 0 Å². The van der Waals surface area contributed by atoms with Crippen LogP contribution in [0.2, 0.25) is 10.0 Å². The van der Waals surface area contributed by atoms with Crippen LogP contribution in [0.3, 0.4) is 0 Å². The molecule has 0 saturated carbocycles. The van der Waals surface area contributed by atoms with Gasteiger partial charge in [0, 0.05) is 33.9 Å². The fourth-order valence-electron chi connectivity index (χ4n) is 3.12. The van der Waals surface area contributed by atoms with Crippen molar-refractivity contribution in [2.75, 3.05) is 5.32 Å². The molecule has 0 radical (unpaired) electrons. The Hall–Kier alpha value is -2.04. The first-order valence-electron chi connectivity index (χ1n) is 9.19. The van der Waals surface area contributed by atoms with Crippen molar-refractivity contribution in [2.24, 2.45) is 5.92 Å². The molecule has 0 aromatic heterocycles. The van der Waals surface area contributed by atoms with Gasteiger partial charge in [-0.25, -0.2) is 0 Å². The molecule has 28 heavy (non-hydrogen) atoms. The summed E-state index contributed by atoms with van der Waals surface area (Å²) in [6, 6.07) is 9.85. The molecule has 2 rings (SSSR count). The molecule has 0 fully saturated rings. The Morgan fingerprint density at radius 3 is 2.32 bits per heavy atom. The molecule has 2 aromatic carbocycles. The number of rotatable bonds is 8. The molecule has 2 atom stereocenters. The standard InChI is InChI=1S/C22H26Cl2N2O2/c1-12-7-16(8-13(2)21(12)24)15(4)26-19-5-6-20(23)17(11-19)10-18(25)9-14(3)22(27)28/h5-8,11,14-15,25-26H,9-10H2,1-4H3,(H,27,28)/t14-,15-/m1/s1. The van der Waals surface area contributed by atoms with Crippen LogP contribution >= 0.6 is 23.2 Å². The quantitative estimate of drug-likeness (QED) is 0.429. The number of halogens is 2. The van der Waals surface area contributed by atoms with Crippen molar-refractivity contribution in [3.8, 4) is 0 Å². The lowest BCUT2D eigenvalue weighted by atomic mass is 9.98. The second-order valence-electron chi connectivity index (χ2n) is 7.36. The molecule has 0 heterocycles. The lowest BCUT2D eigenvalue weighted by molar-refractivity contribution is -0.140. The largest absolute Gasteiger partial charge is 0.481 e. The average molecular weight is 421 g/mol. The van der Waals surface area contributed by atoms with Crippen molar-refractivity contribution in [2.45, 2.75) is 46.6 Å². The summed E-state index contributed by atoms with van der Waals surface area (Å²) in [6.07, 6.45) is 0.544. The van der Waals surface area contributed by atoms with Crippen molar-refractivity contribution in [1.82, 2.24) is 0 Å². The predicted molar refractivity (Wildman–Crippen MR) is 117 cm³/mol. The first-order valence-corrected chi connectivity index (χ1v) is 9.94. The van der Waals surface area contributed by atoms with E-state index in [9.17, 15) is 4.79 Å². The van der Waals surface area contributed by atoms with E-state index in [1.54, 1.807) is 13.0 Å². The Morgan fingerprint density at radius 1 is 1.14 bits per heavy atom. The van der Waals surface area contributed by atoms with E-state index < -0.39 is 11.9 Å². The number of nitrogens with one attached hydrogen (secondary N) is 2. The second kappa shape index (κ2) is 9.44. The maximum absolute atomic E-state index is 11.0. The van der Waals surface area contributed by atoms with Gasteiger partial charge in [0.2, 0.25) is 0 Å². The number of aliphatic carboxylic acids is 1. The summed E-state index contributed by atoms with van der Waals surface area (Å²) in [5, 5.41) is 22.0. The van der Waals surface area contributed by atoms with Crippen LogP contribution in [0.1, 0.15) is 48.6 Å². The first kappa shape index (κ1) is 22.3. The van der Waals surface area contributed by atoms with E-state index in [1.807, 2.05) is 26.0 Å². The summed E-state index contributed by atoms with van der Waals surface area (Å²) in [4.78, 5) is 11.0. The highest BCUT2D eigenvalue weighted by molar-refractivity contribution is 6.32. The molecule has 0 spiro atoms. The minimum absolute atomic E-state index is 0.0650. The number of benzene rings is 2. The van der Waals surface area contributed by atoms with Crippen LogP contribution in [0.25, 0.3) is 0 Å². The Labute approximate surface area is 176 Å². The van der Waals surface area contributed by atoms with Crippen molar-refractivity contribution in [3.05, 3.63) is 62.6 Å². The monoisotopic (exact) mass is 420 g/mol. The van der Waals surface area contributed by atoms with Crippen LogP contribution in [-0.4, -0.2) is 16.8 Å². The second-order valence-corrected chi connectivity index (χ2v) is 8.15. The van der Waals surface area contributed by atoms with Gasteiger partial charge in [0.1, 0.15) is 0 Å². The van der Waals surface area contributed by atoms with Gasteiger partial charge < -0.3 is 15.8 Å². The predicted octanol–water partition coefficient (Wildman–Crippen LogP) is 6.46. The molecule has 0 aliphatic carbocycles. The van der Waals surface area contributed by atoms with Crippen LogP contribution in [-0.2, 0) is 11.2 Å². The number of anilines is 1. The van der Waals surface area contributed by atoms with Crippen molar-refractivity contribution in [1.29, 1.82) is 5.41 Å². The number of carbonyl (C=O) groups is 1. The summed E-state index contributed by atoms with van der Waals surface area (Å²) in [5.41, 5.74) is 5.29. The van der Waals surface area contributed by atoms with Gasteiger partial charge in [0.15, 0.2) is 0 Å². The average Bonchev–Trinajstić information content (AvgIpc) is 2.61. The van der Waals surface area contributed by atoms with Gasteiger partial charge in [-0.3, -0.25) is 4.79 Å². The Bertz CT molecular complexity index is 873. The van der Waals surface area contributed by atoms with Crippen LogP contribution in [0.5, 0.6) is 0 Å². The highest BCUT2D eigenvalue weighted by Gasteiger charge is 2.15. The SMILES string of the molecule is Cc1cc([C@@H](C)Nc2ccc(Cl)c(CC(=N)C[C@@H](C)C(=O)O)c2)cc(C)c1Cl. The third-order valence-corrected chi connectivity index (χ3v) is 5.73. The fraction of sp³-hybridized carbons (Fsp3) is 0.364. The van der Waals surface area contributed by atoms with Crippen LogP contribution in [0.4, 0.5) is 5.69 Å². The van der Waals surface area contributed by atoms with E-state index in [2.05, 4.69) is 24.4 Å². The summed E-state index contributed by atoms with van der Waals surface area (Å²) in [6.45, 7) is 7.67. The van der Waals surface area contributed by atoms with Gasteiger partial charge in [0.25, 0.3) is 0 Å². The van der Waals surface area contributed by atoms with E-state index in [4.69, 9.17) is 33.7 Å². The Balaban J connectivity index is 2.14. The number of hydrogen-bond acceptors (Lipinski definition) is 3. The normalized spacial score (nSPS) is 13.1. The molecule has 0 unspecified atom stereocenters. The lowest BCUT2D eigenvalue weighted by Gasteiger charge is -2.19. The lowest BCUT2D eigenvalue weighted by Crippen LogP contribution is -2.15. The molecule has 0 bridgehead atoms. The maximum Gasteiger partial charge on any atom is 0.306 e. The molecular weight excluding hydrogens is 395 g/mol. The first-order chi connectivity index (χ1) is 13.1. The molecule has 0 amide bonds. The Morgan fingerprint density at radius 2 is 1.75 bits per heavy atom. The highest BCUT2D eigenvalue weighted by atomic mass is 35.5. The highest BCUT2D eigenvalue weighted by Crippen LogP contribution is 2.29. The summed E-state index contributed by atoms with van der Waals surface area (Å²) in [5.74, 6) is -1.47. The molecule has 0 aliphatic rings. The van der Waals surface area contributed by atoms with Gasteiger partial charge >= 0.3 is 5.97 Å². The Kier molecular flexibility index (Phi) is 7.50. The maximum atomic E-state index is 11.0. The summed E-state index contributed by atoms with van der Waals surface area (Å²) < 4.78 is 0. The van der Waals surface area contributed by atoms with Crippen LogP contribution in [0, 0.1) is 25.2 Å². The van der Waals surface area contributed by atoms with Crippen molar-refractivity contribution < 1.29 is 9.90 Å². The third-order valence-electron chi connectivity index (χ3n) is 4.77. The zero-order valence-electron chi connectivity index (χ0n) is 16.6. The molecular formula is C22H26Cl2N2O2. The number of carboxylic acids is 1. The van der Waals surface area contributed by atoms with Gasteiger partial charge in [-0.15, -0.1) is 0 Å². The molecule has 150 valence electrons. The molecule has 0 aliphatic heterocycles. The van der Waals surface area contributed by atoms with E-state index >= 15 is 0 Å². The third kappa shape index (κ3) is 5.73. The van der Waals surface area contributed by atoms with E-state index in [-0.39, 0.29) is 12.5 Å². The van der Waals surface area contributed by atoms with E-state index in [1.165, 1.54) is 0 Å². The molecule has 0 saturated heterocycles. The van der Waals surface area contributed by atoms with Crippen LogP contribution < -0.4 is 5.32 Å². The number of aryl methyl sites for hydroxylation is 2. The molecule has 6 heteroatoms. The van der Waals surface area contributed by atoms with Crippen molar-refractivity contribution in [3.63, 3.8) is 0 Å². The minimum atomic E-state index is -0.895. The molecule has 4 nitrogen and oxygen atoms in total. The molecule has 3 N–H and O–H groups in total. The number of hydrogen-bond donors (Lipinski definition) is 3. The van der Waals surface area contributed by atoms with Gasteiger partial charge in [-0.05, 0) is 67.6 Å². The minimum Gasteiger partial charge on any atom is -0.481 e. The van der Waals surface area contributed by atoms with Crippen LogP contribution in [0.15, 0.2) is 30.3 Å².